The lowest BCUT2D eigenvalue weighted by atomic mass is 10.2. The van der Waals surface area contributed by atoms with Gasteiger partial charge in [0.15, 0.2) is 0 Å². The lowest BCUT2D eigenvalue weighted by Gasteiger charge is -2.12. The minimum atomic E-state index is -4.34. The molecule has 6 N–H and O–H groups in total. The van der Waals surface area contributed by atoms with Gasteiger partial charge in [-0.2, -0.15) is 8.42 Å². The monoisotopic (exact) mass is 488 g/mol. The molecule has 5 rings (SSSR count). The summed E-state index contributed by atoms with van der Waals surface area (Å²) in [5, 5.41) is 0. The molecule has 0 unspecified atom stereocenters. The van der Waals surface area contributed by atoms with E-state index in [0.717, 1.165) is 0 Å². The Labute approximate surface area is 200 Å². The van der Waals surface area contributed by atoms with Gasteiger partial charge in [-0.25, -0.2) is 4.98 Å². The van der Waals surface area contributed by atoms with Crippen LogP contribution in [0.4, 0.5) is 11.4 Å². The molecule has 0 aliphatic rings. The second-order valence-electron chi connectivity index (χ2n) is 7.77. The molecule has 0 aliphatic carbocycles. The van der Waals surface area contributed by atoms with Gasteiger partial charge in [0, 0.05) is 23.0 Å². The van der Waals surface area contributed by atoms with Gasteiger partial charge in [-0.1, -0.05) is 0 Å². The minimum absolute atomic E-state index is 0.229. The van der Waals surface area contributed by atoms with Crippen LogP contribution in [0.3, 0.4) is 0 Å². The summed E-state index contributed by atoms with van der Waals surface area (Å²) < 4.78 is 44.4. The Morgan fingerprint density at radius 3 is 1.77 bits per heavy atom. The molecule has 9 nitrogen and oxygen atoms in total. The molecule has 10 heteroatoms. The highest BCUT2D eigenvalue weighted by Gasteiger charge is 2.14. The van der Waals surface area contributed by atoms with E-state index in [9.17, 15) is 13.0 Å². The predicted octanol–water partition coefficient (Wildman–Crippen LogP) is 5.23. The zero-order chi connectivity index (χ0) is 24.6. The van der Waals surface area contributed by atoms with Crippen molar-refractivity contribution in [3.05, 3.63) is 84.9 Å². The molecule has 176 valence electrons. The molecule has 35 heavy (non-hydrogen) atoms. The number of imidazole rings is 1. The maximum Gasteiger partial charge on any atom is 0.294 e. The third-order valence-electron chi connectivity index (χ3n) is 5.14. The molecule has 1 aromatic heterocycles. The topological polar surface area (TPSA) is 154 Å². The second-order valence-corrected chi connectivity index (χ2v) is 9.20. The van der Waals surface area contributed by atoms with Crippen LogP contribution in [-0.2, 0) is 10.1 Å². The largest absolute Gasteiger partial charge is 0.457 e. The van der Waals surface area contributed by atoms with Crippen molar-refractivity contribution in [3.63, 3.8) is 0 Å². The molecule has 0 saturated heterocycles. The standard InChI is InChI=1S/C25H20N4O5S/c26-16-1-5-18(6-2-16)33-20-11-15(12-21(13-20)34-19-7-3-17(27)4-8-19)25-28-23-10-9-22(35(30,31)32)14-24(23)29-25/h1-14H,26-27H2,(H,28,29)(H,30,31,32). The van der Waals surface area contributed by atoms with Gasteiger partial charge >= 0.3 is 0 Å². The molecule has 0 amide bonds. The fraction of sp³-hybridized carbons (Fsp3) is 0. The fourth-order valence-electron chi connectivity index (χ4n) is 3.46. The van der Waals surface area contributed by atoms with Crippen LogP contribution >= 0.6 is 0 Å². The van der Waals surface area contributed by atoms with E-state index >= 15 is 0 Å². The third-order valence-corrected chi connectivity index (χ3v) is 5.99. The van der Waals surface area contributed by atoms with Crippen molar-refractivity contribution in [3.8, 4) is 34.4 Å². The molecule has 5 aromatic rings. The normalized spacial score (nSPS) is 11.5. The summed E-state index contributed by atoms with van der Waals surface area (Å²) in [5.74, 6) is 2.58. The first-order valence-electron chi connectivity index (χ1n) is 10.4. The summed E-state index contributed by atoms with van der Waals surface area (Å²) in [6, 6.07) is 23.3. The Balaban J connectivity index is 1.56. The van der Waals surface area contributed by atoms with Crippen molar-refractivity contribution in [1.82, 2.24) is 9.97 Å². The molecule has 0 spiro atoms. The van der Waals surface area contributed by atoms with Crippen LogP contribution in [0.5, 0.6) is 23.0 Å². The molecule has 0 saturated carbocycles. The number of aromatic nitrogens is 2. The Kier molecular flexibility index (Phi) is 5.51. The number of nitrogens with zero attached hydrogens (tertiary/aromatic N) is 1. The second kappa shape index (κ2) is 8.67. The molecule has 0 radical (unpaired) electrons. The Hall–Kier alpha value is -4.54. The van der Waals surface area contributed by atoms with Gasteiger partial charge < -0.3 is 25.9 Å². The highest BCUT2D eigenvalue weighted by molar-refractivity contribution is 7.85. The maximum absolute atomic E-state index is 11.5. The molecule has 4 aromatic carbocycles. The van der Waals surface area contributed by atoms with Crippen LogP contribution < -0.4 is 20.9 Å². The first-order chi connectivity index (χ1) is 16.7. The number of hydrogen-bond acceptors (Lipinski definition) is 7. The molecule has 1 heterocycles. The Morgan fingerprint density at radius 2 is 1.26 bits per heavy atom. The van der Waals surface area contributed by atoms with Crippen molar-refractivity contribution < 1.29 is 22.4 Å². The van der Waals surface area contributed by atoms with Crippen LogP contribution in [0.2, 0.25) is 0 Å². The number of H-pyrrole nitrogens is 1. The van der Waals surface area contributed by atoms with Gasteiger partial charge in [-0.3, -0.25) is 4.55 Å². The first kappa shape index (κ1) is 22.3. The SMILES string of the molecule is Nc1ccc(Oc2cc(Oc3ccc(N)cc3)cc(-c3nc4ccc(S(=O)(=O)O)cc4[nH]3)c2)cc1. The number of nitrogens with one attached hydrogen (secondary N) is 1. The lowest BCUT2D eigenvalue weighted by molar-refractivity contribution is 0.460. The van der Waals surface area contributed by atoms with E-state index in [2.05, 4.69) is 9.97 Å². The van der Waals surface area contributed by atoms with Gasteiger partial charge in [-0.05, 0) is 78.9 Å². The number of nitrogen functional groups attached to an aromatic ring is 2. The number of ether oxygens (including phenoxy) is 2. The van der Waals surface area contributed by atoms with Gasteiger partial charge in [0.05, 0.1) is 15.9 Å². The van der Waals surface area contributed by atoms with E-state index in [4.69, 9.17) is 20.9 Å². The summed E-state index contributed by atoms with van der Waals surface area (Å²) in [6.07, 6.45) is 0. The fourth-order valence-corrected chi connectivity index (χ4v) is 3.96. The number of anilines is 2. The molecule has 0 fully saturated rings. The van der Waals surface area contributed by atoms with E-state index in [1.807, 2.05) is 0 Å². The first-order valence-corrected chi connectivity index (χ1v) is 11.9. The number of hydrogen-bond donors (Lipinski definition) is 4. The number of nitrogens with two attached hydrogens (primary N) is 2. The molecule has 0 atom stereocenters. The summed E-state index contributed by atoms with van der Waals surface area (Å²) >= 11 is 0. The third kappa shape index (κ3) is 5.03. The zero-order valence-electron chi connectivity index (χ0n) is 18.2. The van der Waals surface area contributed by atoms with Crippen molar-refractivity contribution in [2.45, 2.75) is 4.90 Å². The van der Waals surface area contributed by atoms with Crippen molar-refractivity contribution in [1.29, 1.82) is 0 Å². The van der Waals surface area contributed by atoms with Gasteiger partial charge in [0.2, 0.25) is 0 Å². The van der Waals surface area contributed by atoms with E-state index in [-0.39, 0.29) is 4.90 Å². The van der Waals surface area contributed by atoms with Crippen molar-refractivity contribution in [2.24, 2.45) is 0 Å². The quantitative estimate of drug-likeness (QED) is 0.187. The Bertz CT molecular complexity index is 1560. The van der Waals surface area contributed by atoms with Crippen LogP contribution in [0, 0.1) is 0 Å². The van der Waals surface area contributed by atoms with E-state index in [1.54, 1.807) is 66.7 Å². The summed E-state index contributed by atoms with van der Waals surface area (Å²) in [5.41, 5.74) is 14.4. The molecule has 0 aliphatic heterocycles. The van der Waals surface area contributed by atoms with Gasteiger partial charge in [0.1, 0.15) is 28.8 Å². The number of rotatable bonds is 6. The van der Waals surface area contributed by atoms with E-state index in [0.29, 0.717) is 56.8 Å². The maximum atomic E-state index is 11.5. The average Bonchev–Trinajstić information content (AvgIpc) is 3.25. The highest BCUT2D eigenvalue weighted by atomic mass is 32.2. The summed E-state index contributed by atoms with van der Waals surface area (Å²) in [6.45, 7) is 0. The highest BCUT2D eigenvalue weighted by Crippen LogP contribution is 2.35. The van der Waals surface area contributed by atoms with Gasteiger partial charge in [-0.15, -0.1) is 0 Å². The number of fused-ring (bicyclic) bond motifs is 1. The zero-order valence-corrected chi connectivity index (χ0v) is 19.0. The molecule has 0 bridgehead atoms. The van der Waals surface area contributed by atoms with E-state index < -0.39 is 10.1 Å². The predicted molar refractivity (Wildman–Crippen MR) is 133 cm³/mol. The summed E-state index contributed by atoms with van der Waals surface area (Å²) in [4.78, 5) is 7.41. The average molecular weight is 489 g/mol. The number of aromatic amines is 1. The van der Waals surface area contributed by atoms with E-state index in [1.165, 1.54) is 18.2 Å². The molecular formula is C25H20N4O5S. The minimum Gasteiger partial charge on any atom is -0.457 e. The van der Waals surface area contributed by atoms with Crippen LogP contribution in [0.25, 0.3) is 22.4 Å². The van der Waals surface area contributed by atoms with Crippen molar-refractivity contribution in [2.75, 3.05) is 11.5 Å². The van der Waals surface area contributed by atoms with Crippen molar-refractivity contribution >= 4 is 32.5 Å². The molecular weight excluding hydrogens is 468 g/mol. The Morgan fingerprint density at radius 1 is 0.714 bits per heavy atom. The lowest BCUT2D eigenvalue weighted by Crippen LogP contribution is -1.97. The van der Waals surface area contributed by atoms with Crippen LogP contribution in [-0.4, -0.2) is 22.9 Å². The van der Waals surface area contributed by atoms with Gasteiger partial charge in [0.25, 0.3) is 10.1 Å². The smallest absolute Gasteiger partial charge is 0.294 e. The number of benzene rings is 4. The van der Waals surface area contributed by atoms with Crippen LogP contribution in [0.1, 0.15) is 0 Å². The van der Waals surface area contributed by atoms with Crippen LogP contribution in [0.15, 0.2) is 89.8 Å². The summed E-state index contributed by atoms with van der Waals surface area (Å²) in [7, 11) is -4.34.